The Labute approximate surface area is 121 Å². The third-order valence-corrected chi connectivity index (χ3v) is 5.85. The van der Waals surface area contributed by atoms with Crippen molar-refractivity contribution in [2.45, 2.75) is 18.9 Å². The second-order valence-corrected chi connectivity index (χ2v) is 7.22. The SMILES string of the molecule is CN(C(=O)c1cc2ccccc2s1)C1CCSCC1. The molecule has 2 nitrogen and oxygen atoms in total. The smallest absolute Gasteiger partial charge is 0.263 e. The van der Waals surface area contributed by atoms with E-state index in [9.17, 15) is 4.79 Å². The quantitative estimate of drug-likeness (QED) is 0.837. The number of rotatable bonds is 2. The molecule has 2 aromatic rings. The maximum Gasteiger partial charge on any atom is 0.263 e. The molecule has 0 spiro atoms. The molecule has 19 heavy (non-hydrogen) atoms. The third-order valence-electron chi connectivity index (χ3n) is 3.70. The number of carbonyl (C=O) groups excluding carboxylic acids is 1. The van der Waals surface area contributed by atoms with Gasteiger partial charge in [0.25, 0.3) is 5.91 Å². The molecule has 2 heterocycles. The number of nitrogens with zero attached hydrogens (tertiary/aromatic N) is 1. The predicted octanol–water partition coefficient (Wildman–Crippen LogP) is 3.87. The van der Waals surface area contributed by atoms with Gasteiger partial charge in [0.2, 0.25) is 0 Å². The number of benzene rings is 1. The second-order valence-electron chi connectivity index (χ2n) is 4.91. The van der Waals surface area contributed by atoms with Gasteiger partial charge in [-0.1, -0.05) is 18.2 Å². The number of thioether (sulfide) groups is 1. The monoisotopic (exact) mass is 291 g/mol. The summed E-state index contributed by atoms with van der Waals surface area (Å²) in [7, 11) is 1.95. The van der Waals surface area contributed by atoms with Crippen molar-refractivity contribution < 1.29 is 4.79 Å². The first-order chi connectivity index (χ1) is 9.25. The van der Waals surface area contributed by atoms with E-state index in [2.05, 4.69) is 12.1 Å². The van der Waals surface area contributed by atoms with Crippen molar-refractivity contribution in [2.75, 3.05) is 18.6 Å². The van der Waals surface area contributed by atoms with E-state index in [0.29, 0.717) is 6.04 Å². The van der Waals surface area contributed by atoms with Gasteiger partial charge in [0.1, 0.15) is 0 Å². The van der Waals surface area contributed by atoms with Gasteiger partial charge in [-0.3, -0.25) is 4.79 Å². The van der Waals surface area contributed by atoms with Gasteiger partial charge < -0.3 is 4.90 Å². The van der Waals surface area contributed by atoms with Gasteiger partial charge in [0.15, 0.2) is 0 Å². The molecule has 0 bridgehead atoms. The molecular weight excluding hydrogens is 274 g/mol. The summed E-state index contributed by atoms with van der Waals surface area (Å²) in [4.78, 5) is 15.4. The predicted molar refractivity (Wildman–Crippen MR) is 84.3 cm³/mol. The second kappa shape index (κ2) is 5.55. The molecule has 1 aliphatic heterocycles. The first-order valence-electron chi connectivity index (χ1n) is 6.59. The highest BCUT2D eigenvalue weighted by Gasteiger charge is 2.24. The van der Waals surface area contributed by atoms with E-state index in [4.69, 9.17) is 0 Å². The summed E-state index contributed by atoms with van der Waals surface area (Å²) in [5.41, 5.74) is 0. The molecular formula is C15H17NOS2. The largest absolute Gasteiger partial charge is 0.338 e. The van der Waals surface area contributed by atoms with Gasteiger partial charge in [-0.05, 0) is 41.9 Å². The number of hydrogen-bond donors (Lipinski definition) is 0. The summed E-state index contributed by atoms with van der Waals surface area (Å²) in [5, 5.41) is 1.17. The Morgan fingerprint density at radius 2 is 2.00 bits per heavy atom. The molecule has 1 fully saturated rings. The Bertz CT molecular complexity index is 554. The average molecular weight is 291 g/mol. The van der Waals surface area contributed by atoms with Crippen LogP contribution in [0.2, 0.25) is 0 Å². The maximum absolute atomic E-state index is 12.5. The van der Waals surface area contributed by atoms with Crippen molar-refractivity contribution in [3.8, 4) is 0 Å². The van der Waals surface area contributed by atoms with Crippen LogP contribution in [0.25, 0.3) is 10.1 Å². The molecule has 1 aromatic heterocycles. The highest BCUT2D eigenvalue weighted by molar-refractivity contribution is 7.99. The number of hydrogen-bond acceptors (Lipinski definition) is 3. The summed E-state index contributed by atoms with van der Waals surface area (Å²) in [6.07, 6.45) is 2.25. The van der Waals surface area contributed by atoms with Gasteiger partial charge in [0.05, 0.1) is 4.88 Å². The van der Waals surface area contributed by atoms with Gasteiger partial charge in [-0.2, -0.15) is 11.8 Å². The number of carbonyl (C=O) groups is 1. The van der Waals surface area contributed by atoms with Crippen molar-refractivity contribution in [1.82, 2.24) is 4.90 Å². The fourth-order valence-corrected chi connectivity index (χ4v) is 4.63. The fourth-order valence-electron chi connectivity index (χ4n) is 2.50. The lowest BCUT2D eigenvalue weighted by molar-refractivity contribution is 0.0728. The topological polar surface area (TPSA) is 20.3 Å². The van der Waals surface area contributed by atoms with Gasteiger partial charge in [0, 0.05) is 17.8 Å². The Morgan fingerprint density at radius 1 is 1.26 bits per heavy atom. The summed E-state index contributed by atoms with van der Waals surface area (Å²) < 4.78 is 1.19. The summed E-state index contributed by atoms with van der Waals surface area (Å²) in [5.74, 6) is 2.53. The summed E-state index contributed by atoms with van der Waals surface area (Å²) in [6.45, 7) is 0. The zero-order chi connectivity index (χ0) is 13.2. The van der Waals surface area contributed by atoms with Crippen molar-refractivity contribution in [3.63, 3.8) is 0 Å². The van der Waals surface area contributed by atoms with Crippen LogP contribution in [0.15, 0.2) is 30.3 Å². The lowest BCUT2D eigenvalue weighted by atomic mass is 10.1. The Morgan fingerprint density at radius 3 is 2.74 bits per heavy atom. The molecule has 1 saturated heterocycles. The van der Waals surface area contributed by atoms with Gasteiger partial charge in [-0.25, -0.2) is 0 Å². The first-order valence-corrected chi connectivity index (χ1v) is 8.56. The minimum absolute atomic E-state index is 0.179. The van der Waals surface area contributed by atoms with Gasteiger partial charge in [-0.15, -0.1) is 11.3 Å². The molecule has 0 aliphatic carbocycles. The number of fused-ring (bicyclic) bond motifs is 1. The Balaban J connectivity index is 1.82. The molecule has 1 aromatic carbocycles. The summed E-state index contributed by atoms with van der Waals surface area (Å²) in [6, 6.07) is 10.6. The molecule has 4 heteroatoms. The van der Waals surface area contributed by atoms with Crippen molar-refractivity contribution in [3.05, 3.63) is 35.2 Å². The van der Waals surface area contributed by atoms with Gasteiger partial charge >= 0.3 is 0 Å². The molecule has 0 atom stereocenters. The normalized spacial score (nSPS) is 16.7. The van der Waals surface area contributed by atoms with E-state index in [1.54, 1.807) is 11.3 Å². The molecule has 1 aliphatic rings. The lowest BCUT2D eigenvalue weighted by Gasteiger charge is -2.30. The standard InChI is InChI=1S/C15H17NOS2/c1-16(12-6-8-18-9-7-12)15(17)14-10-11-4-2-3-5-13(11)19-14/h2-5,10,12H,6-9H2,1H3. The lowest BCUT2D eigenvalue weighted by Crippen LogP contribution is -2.38. The Kier molecular flexibility index (Phi) is 3.80. The molecule has 0 saturated carbocycles. The number of thiophene rings is 1. The van der Waals surface area contributed by atoms with Crippen LogP contribution in [0.4, 0.5) is 0 Å². The third kappa shape index (κ3) is 2.65. The van der Waals surface area contributed by atoms with Crippen LogP contribution in [0.1, 0.15) is 22.5 Å². The zero-order valence-corrected chi connectivity index (χ0v) is 12.6. The summed E-state index contributed by atoms with van der Waals surface area (Å²) >= 11 is 3.59. The highest BCUT2D eigenvalue weighted by atomic mass is 32.2. The van der Waals surface area contributed by atoms with Crippen LogP contribution in [-0.2, 0) is 0 Å². The molecule has 0 radical (unpaired) electrons. The van der Waals surface area contributed by atoms with Crippen LogP contribution in [-0.4, -0.2) is 35.4 Å². The van der Waals surface area contributed by atoms with Crippen LogP contribution >= 0.6 is 23.1 Å². The van der Waals surface area contributed by atoms with Crippen LogP contribution in [0, 0.1) is 0 Å². The van der Waals surface area contributed by atoms with E-state index in [1.807, 2.05) is 41.9 Å². The average Bonchev–Trinajstić information content (AvgIpc) is 2.90. The molecule has 0 unspecified atom stereocenters. The van der Waals surface area contributed by atoms with E-state index in [1.165, 1.54) is 21.6 Å². The van der Waals surface area contributed by atoms with Crippen molar-refractivity contribution >= 4 is 39.1 Å². The van der Waals surface area contributed by atoms with Crippen LogP contribution < -0.4 is 0 Å². The Hall–Kier alpha value is -1.000. The van der Waals surface area contributed by atoms with Crippen LogP contribution in [0.3, 0.4) is 0 Å². The van der Waals surface area contributed by atoms with Crippen molar-refractivity contribution in [1.29, 1.82) is 0 Å². The molecule has 100 valence electrons. The first kappa shape index (κ1) is 13.0. The van der Waals surface area contributed by atoms with E-state index in [-0.39, 0.29) is 5.91 Å². The highest BCUT2D eigenvalue weighted by Crippen LogP contribution is 2.28. The number of amides is 1. The molecule has 1 amide bonds. The molecule has 3 rings (SSSR count). The van der Waals surface area contributed by atoms with Crippen LogP contribution in [0.5, 0.6) is 0 Å². The minimum Gasteiger partial charge on any atom is -0.338 e. The molecule has 0 N–H and O–H groups in total. The van der Waals surface area contributed by atoms with E-state index >= 15 is 0 Å². The van der Waals surface area contributed by atoms with Crippen molar-refractivity contribution in [2.24, 2.45) is 0 Å². The van der Waals surface area contributed by atoms with E-state index in [0.717, 1.165) is 17.7 Å². The maximum atomic E-state index is 12.5. The van der Waals surface area contributed by atoms with E-state index < -0.39 is 0 Å². The minimum atomic E-state index is 0.179. The zero-order valence-electron chi connectivity index (χ0n) is 11.0. The fraction of sp³-hybridized carbons (Fsp3) is 0.400.